The summed E-state index contributed by atoms with van der Waals surface area (Å²) in [6, 6.07) is 13.8. The lowest BCUT2D eigenvalue weighted by Crippen LogP contribution is -2.37. The van der Waals surface area contributed by atoms with Gasteiger partial charge < -0.3 is 9.64 Å². The van der Waals surface area contributed by atoms with Gasteiger partial charge in [0.1, 0.15) is 5.75 Å². The third-order valence-electron chi connectivity index (χ3n) is 5.97. The number of sulfone groups is 1. The lowest BCUT2D eigenvalue weighted by molar-refractivity contribution is 0.290. The molecule has 0 aromatic heterocycles. The third-order valence-corrected chi connectivity index (χ3v) is 7.96. The Labute approximate surface area is 169 Å². The van der Waals surface area contributed by atoms with Crippen molar-refractivity contribution >= 4 is 21.2 Å². The highest BCUT2D eigenvalue weighted by atomic mass is 32.2. The van der Waals surface area contributed by atoms with Crippen molar-refractivity contribution in [1.82, 2.24) is 0 Å². The summed E-state index contributed by atoms with van der Waals surface area (Å²) < 4.78 is 32.5. The number of unbranched alkanes of at least 4 members (excludes halogenated alkanes) is 1. The number of benzene rings is 2. The molecule has 0 aliphatic carbocycles. The van der Waals surface area contributed by atoms with Gasteiger partial charge in [-0.2, -0.15) is 0 Å². The normalized spacial score (nSPS) is 21.1. The summed E-state index contributed by atoms with van der Waals surface area (Å²) in [5.74, 6) is 0.908. The lowest BCUT2D eigenvalue weighted by atomic mass is 9.81. The van der Waals surface area contributed by atoms with Crippen molar-refractivity contribution in [3.05, 3.63) is 48.0 Å². The first-order chi connectivity index (χ1) is 13.4. The van der Waals surface area contributed by atoms with E-state index in [0.717, 1.165) is 42.6 Å². The van der Waals surface area contributed by atoms with Gasteiger partial charge in [0, 0.05) is 23.7 Å². The van der Waals surface area contributed by atoms with Crippen molar-refractivity contribution in [2.24, 2.45) is 5.41 Å². The molecular formula is C23H31NO3S. The molecule has 0 saturated carbocycles. The first-order valence-corrected chi connectivity index (χ1v) is 11.7. The Kier molecular flexibility index (Phi) is 6.04. The standard InChI is InChI=1S/C23H31NO3S/c1-5-7-13-23(6-2)16-24(19-11-9-8-10-12-19)20-15-21(27-4)18(3)14-22(20)28(25,26)17-23/h8-12,14-15H,5-7,13,16-17H2,1-4H3. The van der Waals surface area contributed by atoms with Gasteiger partial charge in [0.2, 0.25) is 0 Å². The maximum Gasteiger partial charge on any atom is 0.181 e. The fourth-order valence-electron chi connectivity index (χ4n) is 4.21. The number of hydrogen-bond acceptors (Lipinski definition) is 4. The predicted octanol–water partition coefficient (Wildman–Crippen LogP) is 5.52. The van der Waals surface area contributed by atoms with Crippen molar-refractivity contribution in [3.63, 3.8) is 0 Å². The predicted molar refractivity (Wildman–Crippen MR) is 115 cm³/mol. The van der Waals surface area contributed by atoms with E-state index in [9.17, 15) is 8.42 Å². The van der Waals surface area contributed by atoms with Crippen molar-refractivity contribution < 1.29 is 13.2 Å². The fourth-order valence-corrected chi connectivity index (χ4v) is 6.46. The molecule has 3 rings (SSSR count). The number of rotatable bonds is 6. The lowest BCUT2D eigenvalue weighted by Gasteiger charge is -2.36. The van der Waals surface area contributed by atoms with Crippen LogP contribution in [-0.2, 0) is 9.84 Å². The summed E-state index contributed by atoms with van der Waals surface area (Å²) in [5, 5.41) is 0. The van der Waals surface area contributed by atoms with E-state index < -0.39 is 9.84 Å². The number of methoxy groups -OCH3 is 1. The van der Waals surface area contributed by atoms with E-state index in [4.69, 9.17) is 4.74 Å². The molecule has 5 heteroatoms. The molecule has 1 unspecified atom stereocenters. The number of para-hydroxylation sites is 1. The highest BCUT2D eigenvalue weighted by molar-refractivity contribution is 7.91. The van der Waals surface area contributed by atoms with E-state index in [1.54, 1.807) is 13.2 Å². The second-order valence-electron chi connectivity index (χ2n) is 7.93. The van der Waals surface area contributed by atoms with E-state index >= 15 is 0 Å². The fraction of sp³-hybridized carbons (Fsp3) is 0.478. The van der Waals surface area contributed by atoms with Crippen LogP contribution in [0.25, 0.3) is 0 Å². The van der Waals surface area contributed by atoms with Crippen LogP contribution in [0.1, 0.15) is 45.1 Å². The van der Waals surface area contributed by atoms with Crippen molar-refractivity contribution in [2.75, 3.05) is 24.3 Å². The molecule has 0 spiro atoms. The minimum absolute atomic E-state index is 0.193. The second kappa shape index (κ2) is 8.16. The zero-order chi connectivity index (χ0) is 20.4. The topological polar surface area (TPSA) is 46.6 Å². The number of nitrogens with zero attached hydrogens (tertiary/aromatic N) is 1. The first kappa shape index (κ1) is 20.7. The van der Waals surface area contributed by atoms with Crippen LogP contribution in [0.5, 0.6) is 5.75 Å². The van der Waals surface area contributed by atoms with Gasteiger partial charge in [-0.3, -0.25) is 0 Å². The maximum atomic E-state index is 13.5. The van der Waals surface area contributed by atoms with E-state index in [0.29, 0.717) is 17.2 Å². The van der Waals surface area contributed by atoms with Gasteiger partial charge in [-0.25, -0.2) is 8.42 Å². The highest BCUT2D eigenvalue weighted by Crippen LogP contribution is 2.45. The minimum Gasteiger partial charge on any atom is -0.496 e. The van der Waals surface area contributed by atoms with Crippen LogP contribution in [0.4, 0.5) is 11.4 Å². The summed E-state index contributed by atoms with van der Waals surface area (Å²) >= 11 is 0. The molecule has 28 heavy (non-hydrogen) atoms. The van der Waals surface area contributed by atoms with Crippen LogP contribution in [-0.4, -0.2) is 27.8 Å². The third kappa shape index (κ3) is 3.90. The molecule has 1 aliphatic heterocycles. The Balaban J connectivity index is 2.25. The maximum absolute atomic E-state index is 13.5. The van der Waals surface area contributed by atoms with Crippen LogP contribution >= 0.6 is 0 Å². The zero-order valence-corrected chi connectivity index (χ0v) is 18.2. The molecule has 0 saturated heterocycles. The summed E-state index contributed by atoms with van der Waals surface area (Å²) in [4.78, 5) is 2.60. The molecule has 0 amide bonds. The van der Waals surface area contributed by atoms with Crippen LogP contribution in [0, 0.1) is 12.3 Å². The number of fused-ring (bicyclic) bond motifs is 1. The Bertz CT molecular complexity index is 924. The average Bonchev–Trinajstić information content (AvgIpc) is 2.79. The molecule has 0 fully saturated rings. The molecule has 2 aromatic carbocycles. The molecule has 4 nitrogen and oxygen atoms in total. The van der Waals surface area contributed by atoms with Crippen molar-refractivity contribution in [2.45, 2.75) is 51.3 Å². The quantitative estimate of drug-likeness (QED) is 0.640. The van der Waals surface area contributed by atoms with Gasteiger partial charge in [-0.05, 0) is 43.5 Å². The van der Waals surface area contributed by atoms with E-state index in [-0.39, 0.29) is 11.2 Å². The zero-order valence-electron chi connectivity index (χ0n) is 17.4. The van der Waals surface area contributed by atoms with Gasteiger partial charge in [-0.1, -0.05) is 44.9 Å². The SMILES string of the molecule is CCCCC1(CC)CN(c2ccccc2)c2cc(OC)c(C)cc2S(=O)(=O)C1. The minimum atomic E-state index is -3.41. The van der Waals surface area contributed by atoms with Crippen molar-refractivity contribution in [3.8, 4) is 5.75 Å². The van der Waals surface area contributed by atoms with Gasteiger partial charge in [0.25, 0.3) is 0 Å². The van der Waals surface area contributed by atoms with Gasteiger partial charge >= 0.3 is 0 Å². The smallest absolute Gasteiger partial charge is 0.181 e. The Morgan fingerprint density at radius 3 is 2.46 bits per heavy atom. The van der Waals surface area contributed by atoms with E-state index in [2.05, 4.69) is 18.7 Å². The highest BCUT2D eigenvalue weighted by Gasteiger charge is 2.41. The molecule has 1 atom stereocenters. The van der Waals surface area contributed by atoms with Crippen LogP contribution in [0.3, 0.4) is 0 Å². The molecule has 0 bridgehead atoms. The van der Waals surface area contributed by atoms with Gasteiger partial charge in [0.15, 0.2) is 9.84 Å². The Morgan fingerprint density at radius 2 is 1.86 bits per heavy atom. The molecule has 1 aliphatic rings. The van der Waals surface area contributed by atoms with E-state index in [1.807, 2.05) is 43.3 Å². The molecule has 1 heterocycles. The second-order valence-corrected chi connectivity index (χ2v) is 9.89. The van der Waals surface area contributed by atoms with Gasteiger partial charge in [0.05, 0.1) is 23.4 Å². The summed E-state index contributed by atoms with van der Waals surface area (Å²) in [6.45, 7) is 6.87. The summed E-state index contributed by atoms with van der Waals surface area (Å²) in [6.07, 6.45) is 3.84. The summed E-state index contributed by atoms with van der Waals surface area (Å²) in [5.41, 5.74) is 2.31. The Morgan fingerprint density at radius 1 is 1.14 bits per heavy atom. The first-order valence-electron chi connectivity index (χ1n) is 10.1. The van der Waals surface area contributed by atoms with Crippen LogP contribution < -0.4 is 9.64 Å². The van der Waals surface area contributed by atoms with Gasteiger partial charge in [-0.15, -0.1) is 0 Å². The average molecular weight is 402 g/mol. The van der Waals surface area contributed by atoms with Crippen LogP contribution in [0.15, 0.2) is 47.4 Å². The van der Waals surface area contributed by atoms with Crippen LogP contribution in [0.2, 0.25) is 0 Å². The molecule has 2 aromatic rings. The Hall–Kier alpha value is -2.01. The molecule has 152 valence electrons. The molecule has 0 radical (unpaired) electrons. The molecular weight excluding hydrogens is 370 g/mol. The monoisotopic (exact) mass is 401 g/mol. The number of aryl methyl sites for hydroxylation is 1. The van der Waals surface area contributed by atoms with E-state index in [1.165, 1.54) is 0 Å². The largest absolute Gasteiger partial charge is 0.496 e. The molecule has 0 N–H and O–H groups in total. The number of anilines is 2. The summed E-state index contributed by atoms with van der Waals surface area (Å²) in [7, 11) is -1.78. The van der Waals surface area contributed by atoms with Crippen molar-refractivity contribution in [1.29, 1.82) is 0 Å². The number of ether oxygens (including phenoxy) is 1. The number of hydrogen-bond donors (Lipinski definition) is 0.